The van der Waals surface area contributed by atoms with Crippen molar-refractivity contribution in [2.75, 3.05) is 19.3 Å². The van der Waals surface area contributed by atoms with Crippen LogP contribution in [0.3, 0.4) is 0 Å². The number of hydrogen-bond donors (Lipinski definition) is 1. The molecular formula is C15H20N2O4S. The summed E-state index contributed by atoms with van der Waals surface area (Å²) in [5, 5.41) is 0. The van der Waals surface area contributed by atoms with Gasteiger partial charge < -0.3 is 4.90 Å². The van der Waals surface area contributed by atoms with E-state index in [1.165, 1.54) is 0 Å². The Morgan fingerprint density at radius 3 is 2.45 bits per heavy atom. The Bertz CT molecular complexity index is 672. The van der Waals surface area contributed by atoms with Gasteiger partial charge in [0.25, 0.3) is 5.91 Å². The molecule has 22 heavy (non-hydrogen) atoms. The van der Waals surface area contributed by atoms with E-state index >= 15 is 0 Å². The van der Waals surface area contributed by atoms with Gasteiger partial charge in [-0.05, 0) is 31.9 Å². The summed E-state index contributed by atoms with van der Waals surface area (Å²) in [6.07, 6.45) is 2.16. The highest BCUT2D eigenvalue weighted by molar-refractivity contribution is 7.89. The highest BCUT2D eigenvalue weighted by atomic mass is 32.2. The SMILES string of the molecule is CC1(C(=O)NS(C)(=O)=O)CCCN(C(=O)c2ccccc2)C1. The molecule has 1 unspecified atom stereocenters. The Hall–Kier alpha value is -1.89. The molecule has 1 aromatic carbocycles. The number of amides is 2. The maximum atomic E-state index is 12.5. The Labute approximate surface area is 130 Å². The topological polar surface area (TPSA) is 83.6 Å². The van der Waals surface area contributed by atoms with Crippen molar-refractivity contribution in [1.29, 1.82) is 0 Å². The van der Waals surface area contributed by atoms with Crippen molar-refractivity contribution in [2.24, 2.45) is 5.41 Å². The lowest BCUT2D eigenvalue weighted by Gasteiger charge is -2.39. The molecule has 1 heterocycles. The standard InChI is InChI=1S/C15H20N2O4S/c1-15(14(19)16-22(2,20)21)9-6-10-17(11-15)13(18)12-7-4-3-5-8-12/h3-5,7-8H,6,9-11H2,1-2H3,(H,16,19). The minimum atomic E-state index is -3.60. The van der Waals surface area contributed by atoms with Gasteiger partial charge in [0.05, 0.1) is 11.7 Å². The molecule has 2 rings (SSSR count). The van der Waals surface area contributed by atoms with Crippen molar-refractivity contribution < 1.29 is 18.0 Å². The minimum absolute atomic E-state index is 0.140. The number of carbonyl (C=O) groups excluding carboxylic acids is 2. The number of nitrogens with one attached hydrogen (secondary N) is 1. The molecule has 1 N–H and O–H groups in total. The zero-order valence-corrected chi connectivity index (χ0v) is 13.5. The van der Waals surface area contributed by atoms with Crippen LogP contribution in [-0.4, -0.2) is 44.5 Å². The molecule has 0 saturated carbocycles. The molecule has 1 atom stereocenters. The van der Waals surface area contributed by atoms with Crippen molar-refractivity contribution in [1.82, 2.24) is 9.62 Å². The normalized spacial score (nSPS) is 22.2. The van der Waals surface area contributed by atoms with Gasteiger partial charge in [0.1, 0.15) is 0 Å². The van der Waals surface area contributed by atoms with Crippen LogP contribution >= 0.6 is 0 Å². The highest BCUT2D eigenvalue weighted by Gasteiger charge is 2.40. The summed E-state index contributed by atoms with van der Waals surface area (Å²) < 4.78 is 24.5. The zero-order chi connectivity index (χ0) is 16.4. The van der Waals surface area contributed by atoms with Gasteiger partial charge in [-0.1, -0.05) is 18.2 Å². The highest BCUT2D eigenvalue weighted by Crippen LogP contribution is 2.30. The van der Waals surface area contributed by atoms with E-state index in [2.05, 4.69) is 0 Å². The molecule has 1 fully saturated rings. The van der Waals surface area contributed by atoms with Crippen LogP contribution in [0.4, 0.5) is 0 Å². The van der Waals surface area contributed by atoms with Crippen molar-refractivity contribution in [3.8, 4) is 0 Å². The van der Waals surface area contributed by atoms with Gasteiger partial charge in [-0.2, -0.15) is 0 Å². The number of hydrogen-bond acceptors (Lipinski definition) is 4. The van der Waals surface area contributed by atoms with Crippen LogP contribution in [0.15, 0.2) is 30.3 Å². The molecule has 0 aromatic heterocycles. The number of carbonyl (C=O) groups is 2. The van der Waals surface area contributed by atoms with Gasteiger partial charge in [0.2, 0.25) is 15.9 Å². The van der Waals surface area contributed by atoms with Gasteiger partial charge in [-0.3, -0.25) is 14.3 Å². The van der Waals surface area contributed by atoms with Crippen LogP contribution in [0, 0.1) is 5.41 Å². The Morgan fingerprint density at radius 1 is 1.23 bits per heavy atom. The molecule has 0 radical (unpaired) electrons. The van der Waals surface area contributed by atoms with Gasteiger partial charge in [0.15, 0.2) is 0 Å². The van der Waals surface area contributed by atoms with Gasteiger partial charge in [-0.25, -0.2) is 8.42 Å². The molecule has 0 aliphatic carbocycles. The van der Waals surface area contributed by atoms with Crippen molar-refractivity contribution in [2.45, 2.75) is 19.8 Å². The average molecular weight is 324 g/mol. The largest absolute Gasteiger partial charge is 0.338 e. The Balaban J connectivity index is 2.14. The molecular weight excluding hydrogens is 304 g/mol. The van der Waals surface area contributed by atoms with Crippen molar-refractivity contribution in [3.05, 3.63) is 35.9 Å². The molecule has 1 saturated heterocycles. The van der Waals surface area contributed by atoms with Crippen LogP contribution in [0.25, 0.3) is 0 Å². The predicted molar refractivity (Wildman–Crippen MR) is 82.7 cm³/mol. The number of nitrogens with zero attached hydrogens (tertiary/aromatic N) is 1. The molecule has 1 aromatic rings. The lowest BCUT2D eigenvalue weighted by molar-refractivity contribution is -0.130. The number of piperidine rings is 1. The summed E-state index contributed by atoms with van der Waals surface area (Å²) in [6.45, 7) is 2.47. The summed E-state index contributed by atoms with van der Waals surface area (Å²) in [4.78, 5) is 26.3. The van der Waals surface area contributed by atoms with Gasteiger partial charge >= 0.3 is 0 Å². The molecule has 7 heteroatoms. The van der Waals surface area contributed by atoms with E-state index in [-0.39, 0.29) is 12.5 Å². The van der Waals surface area contributed by atoms with Crippen LogP contribution in [0.2, 0.25) is 0 Å². The van der Waals surface area contributed by atoms with Gasteiger partial charge in [0, 0.05) is 18.7 Å². The maximum Gasteiger partial charge on any atom is 0.253 e. The summed E-state index contributed by atoms with van der Waals surface area (Å²) in [5.74, 6) is -0.695. The second-order valence-electron chi connectivity index (χ2n) is 5.96. The summed E-state index contributed by atoms with van der Waals surface area (Å²) in [7, 11) is -3.60. The summed E-state index contributed by atoms with van der Waals surface area (Å²) >= 11 is 0. The number of benzene rings is 1. The average Bonchev–Trinajstić information content (AvgIpc) is 2.46. The van der Waals surface area contributed by atoms with Crippen molar-refractivity contribution in [3.63, 3.8) is 0 Å². The van der Waals surface area contributed by atoms with Crippen LogP contribution in [-0.2, 0) is 14.8 Å². The van der Waals surface area contributed by atoms with Gasteiger partial charge in [-0.15, -0.1) is 0 Å². The van der Waals surface area contributed by atoms with E-state index in [0.29, 0.717) is 24.9 Å². The first-order valence-electron chi connectivity index (χ1n) is 7.08. The molecule has 120 valence electrons. The van der Waals surface area contributed by atoms with Crippen LogP contribution in [0.5, 0.6) is 0 Å². The molecule has 1 aliphatic rings. The maximum absolute atomic E-state index is 12.5. The molecule has 0 bridgehead atoms. The van der Waals surface area contributed by atoms with Crippen molar-refractivity contribution >= 4 is 21.8 Å². The van der Waals surface area contributed by atoms with Crippen LogP contribution < -0.4 is 4.72 Å². The smallest absolute Gasteiger partial charge is 0.253 e. The number of rotatable bonds is 3. The third-order valence-corrected chi connectivity index (χ3v) is 4.39. The first-order chi connectivity index (χ1) is 10.2. The molecule has 6 nitrogen and oxygen atoms in total. The third-order valence-electron chi connectivity index (χ3n) is 3.83. The van der Waals surface area contributed by atoms with E-state index in [4.69, 9.17) is 0 Å². The molecule has 1 aliphatic heterocycles. The fraction of sp³-hybridized carbons (Fsp3) is 0.467. The second kappa shape index (κ2) is 6.08. The fourth-order valence-electron chi connectivity index (χ4n) is 2.65. The van der Waals surface area contributed by atoms with E-state index in [1.54, 1.807) is 36.1 Å². The van der Waals surface area contributed by atoms with Crippen LogP contribution in [0.1, 0.15) is 30.1 Å². The molecule has 2 amide bonds. The first kappa shape index (κ1) is 16.5. The number of likely N-dealkylation sites (tertiary alicyclic amines) is 1. The summed E-state index contributed by atoms with van der Waals surface area (Å²) in [5.41, 5.74) is -0.332. The Kier molecular flexibility index (Phi) is 4.55. The monoisotopic (exact) mass is 324 g/mol. The molecule has 0 spiro atoms. The quantitative estimate of drug-likeness (QED) is 0.899. The van der Waals surface area contributed by atoms with E-state index < -0.39 is 21.3 Å². The van der Waals surface area contributed by atoms with E-state index in [0.717, 1.165) is 6.26 Å². The third kappa shape index (κ3) is 3.85. The van der Waals surface area contributed by atoms with E-state index in [1.807, 2.05) is 10.8 Å². The summed E-state index contributed by atoms with van der Waals surface area (Å²) in [6, 6.07) is 8.85. The fourth-order valence-corrected chi connectivity index (χ4v) is 3.24. The predicted octanol–water partition coefficient (Wildman–Crippen LogP) is 1.00. The van der Waals surface area contributed by atoms with E-state index in [9.17, 15) is 18.0 Å². The second-order valence-corrected chi connectivity index (χ2v) is 7.71. The first-order valence-corrected chi connectivity index (χ1v) is 8.97. The number of sulfonamides is 1. The Morgan fingerprint density at radius 2 is 1.86 bits per heavy atom. The minimum Gasteiger partial charge on any atom is -0.338 e. The zero-order valence-electron chi connectivity index (χ0n) is 12.7. The lowest BCUT2D eigenvalue weighted by Crippen LogP contribution is -2.52. The lowest BCUT2D eigenvalue weighted by atomic mass is 9.81.